The number of H-pyrrole nitrogens is 1. The number of fused-ring (bicyclic) bond motifs is 1. The lowest BCUT2D eigenvalue weighted by molar-refractivity contribution is 0.238. The maximum atomic E-state index is 13.1. The van der Waals surface area contributed by atoms with Crippen molar-refractivity contribution in [2.75, 3.05) is 46.2 Å². The minimum absolute atomic E-state index is 0.0154. The van der Waals surface area contributed by atoms with E-state index in [1.165, 1.54) is 27.1 Å². The van der Waals surface area contributed by atoms with E-state index < -0.39 is 9.84 Å². The molecule has 1 N–H and O–H groups in total. The largest absolute Gasteiger partial charge is 0.497 e. The maximum Gasteiger partial charge on any atom is 0.262 e. The van der Waals surface area contributed by atoms with E-state index in [0.29, 0.717) is 51.7 Å². The number of sulfone groups is 1. The van der Waals surface area contributed by atoms with Crippen LogP contribution in [-0.2, 0) is 9.84 Å². The number of hydrogen-bond acceptors (Lipinski definition) is 9. The Labute approximate surface area is 232 Å². The molecule has 0 radical (unpaired) electrons. The second-order valence-corrected chi connectivity index (χ2v) is 11.8. The van der Waals surface area contributed by atoms with Crippen LogP contribution in [0.4, 0.5) is 0 Å². The Morgan fingerprint density at radius 2 is 1.70 bits per heavy atom. The maximum absolute atomic E-state index is 13.1. The number of rotatable bonds is 10. The minimum Gasteiger partial charge on any atom is -0.497 e. The van der Waals surface area contributed by atoms with Crippen molar-refractivity contribution in [2.24, 2.45) is 0 Å². The Bertz CT molecular complexity index is 1680. The zero-order chi connectivity index (χ0) is 28.3. The van der Waals surface area contributed by atoms with Crippen molar-refractivity contribution in [3.63, 3.8) is 0 Å². The molecule has 5 rings (SSSR count). The lowest BCUT2D eigenvalue weighted by Gasteiger charge is -2.17. The first-order chi connectivity index (χ1) is 19.3. The highest BCUT2D eigenvalue weighted by Gasteiger charge is 2.18. The number of hydrogen-bond donors (Lipinski definition) is 1. The topological polar surface area (TPSA) is 124 Å². The van der Waals surface area contributed by atoms with Crippen LogP contribution in [0.5, 0.6) is 17.2 Å². The third-order valence-electron chi connectivity index (χ3n) is 7.03. The molecule has 3 heterocycles. The Morgan fingerprint density at radius 3 is 2.38 bits per heavy atom. The first-order valence-corrected chi connectivity index (χ1v) is 14.8. The summed E-state index contributed by atoms with van der Waals surface area (Å²) < 4.78 is 41.6. The number of pyridine rings is 1. The predicted octanol–water partition coefficient (Wildman–Crippen LogP) is 3.94. The number of likely N-dealkylation sites (tertiary alicyclic amines) is 1. The summed E-state index contributed by atoms with van der Waals surface area (Å²) in [6.07, 6.45) is 2.40. The minimum atomic E-state index is -3.35. The first-order valence-electron chi connectivity index (χ1n) is 13.2. The number of ether oxygens (including phenoxy) is 3. The van der Waals surface area contributed by atoms with Gasteiger partial charge < -0.3 is 19.2 Å². The first kappa shape index (κ1) is 27.6. The van der Waals surface area contributed by atoms with Crippen LogP contribution in [0.1, 0.15) is 19.8 Å². The average molecular weight is 565 g/mol. The summed E-state index contributed by atoms with van der Waals surface area (Å²) in [4.78, 5) is 28.0. The second kappa shape index (κ2) is 11.6. The van der Waals surface area contributed by atoms with Gasteiger partial charge in [-0.2, -0.15) is 0 Å². The van der Waals surface area contributed by atoms with Gasteiger partial charge in [0, 0.05) is 24.2 Å². The third kappa shape index (κ3) is 5.66. The molecule has 0 unspecified atom stereocenters. The molecule has 0 aliphatic carbocycles. The smallest absolute Gasteiger partial charge is 0.262 e. The molecule has 1 saturated heterocycles. The second-order valence-electron chi connectivity index (χ2n) is 9.51. The molecule has 210 valence electrons. The Kier molecular flexibility index (Phi) is 8.04. The molecule has 2 aromatic carbocycles. The molecule has 11 heteroatoms. The van der Waals surface area contributed by atoms with Gasteiger partial charge >= 0.3 is 0 Å². The highest BCUT2D eigenvalue weighted by atomic mass is 32.2. The van der Waals surface area contributed by atoms with Crippen molar-refractivity contribution in [1.82, 2.24) is 19.9 Å². The van der Waals surface area contributed by atoms with Gasteiger partial charge in [0.05, 0.1) is 30.4 Å². The van der Waals surface area contributed by atoms with Gasteiger partial charge in [-0.3, -0.25) is 9.69 Å². The summed E-state index contributed by atoms with van der Waals surface area (Å²) in [7, 11) is -0.336. The van der Waals surface area contributed by atoms with Crippen LogP contribution < -0.4 is 19.8 Å². The van der Waals surface area contributed by atoms with Gasteiger partial charge in [-0.1, -0.05) is 19.1 Å². The van der Waals surface area contributed by atoms with Gasteiger partial charge in [-0.05, 0) is 50.2 Å². The molecule has 1 aliphatic rings. The zero-order valence-corrected chi connectivity index (χ0v) is 23.6. The normalized spacial score (nSPS) is 14.0. The van der Waals surface area contributed by atoms with Crippen molar-refractivity contribution in [3.8, 4) is 40.0 Å². The van der Waals surface area contributed by atoms with Gasteiger partial charge in [-0.25, -0.2) is 18.4 Å². The molecule has 2 aromatic heterocycles. The van der Waals surface area contributed by atoms with E-state index in [0.717, 1.165) is 19.6 Å². The quantitative estimate of drug-likeness (QED) is 0.305. The summed E-state index contributed by atoms with van der Waals surface area (Å²) in [5.41, 5.74) is 1.65. The monoisotopic (exact) mass is 564 g/mol. The van der Waals surface area contributed by atoms with Crippen LogP contribution in [-0.4, -0.2) is 74.5 Å². The molecule has 1 aliphatic heterocycles. The number of nitrogens with one attached hydrogen (secondary N) is 1. The fraction of sp³-hybridized carbons (Fsp3) is 0.345. The molecule has 0 atom stereocenters. The molecule has 0 amide bonds. The van der Waals surface area contributed by atoms with Crippen molar-refractivity contribution in [1.29, 1.82) is 0 Å². The Morgan fingerprint density at radius 1 is 0.950 bits per heavy atom. The predicted molar refractivity (Wildman–Crippen MR) is 153 cm³/mol. The van der Waals surface area contributed by atoms with E-state index in [9.17, 15) is 13.2 Å². The summed E-state index contributed by atoms with van der Waals surface area (Å²) in [5.74, 6) is 1.70. The van der Waals surface area contributed by atoms with Crippen LogP contribution in [0.3, 0.4) is 0 Å². The van der Waals surface area contributed by atoms with E-state index in [4.69, 9.17) is 19.2 Å². The van der Waals surface area contributed by atoms with Gasteiger partial charge in [0.25, 0.3) is 5.56 Å². The molecule has 1 fully saturated rings. The molecule has 4 aromatic rings. The molecular weight excluding hydrogens is 532 g/mol. The fourth-order valence-corrected chi connectivity index (χ4v) is 5.67. The molecule has 10 nitrogen and oxygen atoms in total. The number of nitrogens with zero attached hydrogens (tertiary/aromatic N) is 3. The van der Waals surface area contributed by atoms with E-state index in [-0.39, 0.29) is 22.0 Å². The molecule has 0 spiro atoms. The summed E-state index contributed by atoms with van der Waals surface area (Å²) in [6.45, 7) is 5.04. The number of methoxy groups -OCH3 is 2. The van der Waals surface area contributed by atoms with Crippen molar-refractivity contribution < 1.29 is 22.6 Å². The van der Waals surface area contributed by atoms with Crippen LogP contribution in [0, 0.1) is 0 Å². The average Bonchev–Trinajstić information content (AvgIpc) is 3.50. The number of aromatic amines is 1. The van der Waals surface area contributed by atoms with Crippen molar-refractivity contribution in [2.45, 2.75) is 24.7 Å². The standard InChI is InChI=1S/C29H32N4O6S/c1-4-40(35,36)21-9-7-19(8-10-21)27-24(39-16-15-33-13-5-6-14-33)12-11-22(30-27)28-31-23-17-20(37-2)18-25(38-3)26(23)29(34)32-28/h7-12,17-18H,4-6,13-16H2,1-3H3,(H,31,32,34). The Hall–Kier alpha value is -3.96. The van der Waals surface area contributed by atoms with Crippen LogP contribution >= 0.6 is 0 Å². The van der Waals surface area contributed by atoms with E-state index in [2.05, 4.69) is 14.9 Å². The van der Waals surface area contributed by atoms with Crippen LogP contribution in [0.25, 0.3) is 33.7 Å². The zero-order valence-electron chi connectivity index (χ0n) is 22.8. The Balaban J connectivity index is 1.56. The van der Waals surface area contributed by atoms with E-state index >= 15 is 0 Å². The highest BCUT2D eigenvalue weighted by molar-refractivity contribution is 7.91. The highest BCUT2D eigenvalue weighted by Crippen LogP contribution is 2.33. The third-order valence-corrected chi connectivity index (χ3v) is 8.78. The van der Waals surface area contributed by atoms with Crippen LogP contribution in [0.2, 0.25) is 0 Å². The fourth-order valence-electron chi connectivity index (χ4n) is 4.79. The lowest BCUT2D eigenvalue weighted by atomic mass is 10.1. The summed E-state index contributed by atoms with van der Waals surface area (Å²) in [5, 5.41) is 0.307. The van der Waals surface area contributed by atoms with Crippen molar-refractivity contribution in [3.05, 3.63) is 58.9 Å². The van der Waals surface area contributed by atoms with Crippen LogP contribution in [0.15, 0.2) is 58.2 Å². The van der Waals surface area contributed by atoms with Gasteiger partial charge in [0.2, 0.25) is 0 Å². The molecule has 40 heavy (non-hydrogen) atoms. The van der Waals surface area contributed by atoms with Gasteiger partial charge in [0.15, 0.2) is 15.7 Å². The summed E-state index contributed by atoms with van der Waals surface area (Å²) >= 11 is 0. The van der Waals surface area contributed by atoms with Gasteiger partial charge in [0.1, 0.15) is 40.6 Å². The number of aromatic nitrogens is 3. The molecular formula is C29H32N4O6S. The molecule has 0 saturated carbocycles. The van der Waals surface area contributed by atoms with Crippen molar-refractivity contribution >= 4 is 20.7 Å². The lowest BCUT2D eigenvalue weighted by Crippen LogP contribution is -2.25. The SMILES string of the molecule is CCS(=O)(=O)c1ccc(-c2nc(-c3nc4cc(OC)cc(OC)c4c(=O)[nH]3)ccc2OCCN2CCCC2)cc1. The number of benzene rings is 2. The van der Waals surface area contributed by atoms with Gasteiger partial charge in [-0.15, -0.1) is 0 Å². The molecule has 0 bridgehead atoms. The van der Waals surface area contributed by atoms with E-state index in [1.54, 1.807) is 55.5 Å². The van der Waals surface area contributed by atoms with E-state index in [1.807, 2.05) is 0 Å². The summed E-state index contributed by atoms with van der Waals surface area (Å²) in [6, 6.07) is 13.4.